The van der Waals surface area contributed by atoms with Crippen LogP contribution >= 0.6 is 11.8 Å². The number of rotatable bonds is 3. The number of nitrogens with one attached hydrogen (secondary N) is 1. The zero-order valence-electron chi connectivity index (χ0n) is 13.1. The Hall–Kier alpha value is -2.74. The van der Waals surface area contributed by atoms with Gasteiger partial charge in [-0.15, -0.1) is 5.10 Å². The minimum atomic E-state index is -0.327. The van der Waals surface area contributed by atoms with E-state index in [9.17, 15) is 9.18 Å². The summed E-state index contributed by atoms with van der Waals surface area (Å²) in [6, 6.07) is 13.7. The van der Waals surface area contributed by atoms with Gasteiger partial charge in [-0.25, -0.2) is 4.39 Å². The smallest absolute Gasteiger partial charge is 0.237 e. The average molecular weight is 355 g/mol. The quantitative estimate of drug-likeness (QED) is 0.782. The van der Waals surface area contributed by atoms with Crippen molar-refractivity contribution < 1.29 is 9.18 Å². The summed E-state index contributed by atoms with van der Waals surface area (Å²) in [6.07, 6.45) is 1.48. The Morgan fingerprint density at radius 3 is 2.80 bits per heavy atom. The highest BCUT2D eigenvalue weighted by molar-refractivity contribution is 8.00. The predicted molar refractivity (Wildman–Crippen MR) is 92.1 cm³/mol. The summed E-state index contributed by atoms with van der Waals surface area (Å²) in [5.74, 6) is -0.393. The van der Waals surface area contributed by atoms with Crippen molar-refractivity contribution in [3.63, 3.8) is 0 Å². The van der Waals surface area contributed by atoms with Crippen molar-refractivity contribution in [2.24, 2.45) is 0 Å². The Labute approximate surface area is 147 Å². The standard InChI is InChI=1S/C17H14FN5OS/c18-12-6-8-13(9-7-12)23-17(20-21-22-23)25-15-10-5-11-3-1-2-4-14(11)19-16(15)24/h1-4,6-9,15H,5,10H2,(H,19,24)/t15-/m0/s1. The summed E-state index contributed by atoms with van der Waals surface area (Å²) in [6.45, 7) is 0. The second-order valence-electron chi connectivity index (χ2n) is 5.64. The van der Waals surface area contributed by atoms with Crippen LogP contribution in [0.5, 0.6) is 0 Å². The maximum Gasteiger partial charge on any atom is 0.237 e. The molecule has 25 heavy (non-hydrogen) atoms. The van der Waals surface area contributed by atoms with Crippen LogP contribution in [0.3, 0.4) is 0 Å². The molecule has 1 aliphatic rings. The fourth-order valence-corrected chi connectivity index (χ4v) is 3.71. The van der Waals surface area contributed by atoms with Crippen molar-refractivity contribution in [3.05, 3.63) is 59.9 Å². The molecule has 1 aliphatic heterocycles. The van der Waals surface area contributed by atoms with Gasteiger partial charge in [0.25, 0.3) is 0 Å². The number of benzene rings is 2. The topological polar surface area (TPSA) is 72.7 Å². The fourth-order valence-electron chi connectivity index (χ4n) is 2.73. The van der Waals surface area contributed by atoms with E-state index in [1.807, 2.05) is 24.3 Å². The zero-order chi connectivity index (χ0) is 17.2. The van der Waals surface area contributed by atoms with E-state index >= 15 is 0 Å². The molecule has 1 aromatic heterocycles. The number of tetrazole rings is 1. The molecule has 126 valence electrons. The van der Waals surface area contributed by atoms with Crippen molar-refractivity contribution in [2.75, 3.05) is 5.32 Å². The molecule has 1 N–H and O–H groups in total. The first kappa shape index (κ1) is 15.8. The Morgan fingerprint density at radius 1 is 1.16 bits per heavy atom. The van der Waals surface area contributed by atoms with E-state index in [0.29, 0.717) is 17.3 Å². The third-order valence-corrected chi connectivity index (χ3v) is 5.20. The lowest BCUT2D eigenvalue weighted by molar-refractivity contribution is -0.115. The maximum atomic E-state index is 13.1. The summed E-state index contributed by atoms with van der Waals surface area (Å²) in [4.78, 5) is 12.5. The van der Waals surface area contributed by atoms with Crippen molar-refractivity contribution in [3.8, 4) is 5.69 Å². The number of carbonyl (C=O) groups is 1. The van der Waals surface area contributed by atoms with Gasteiger partial charge in [0.2, 0.25) is 11.1 Å². The Balaban J connectivity index is 1.56. The first-order valence-corrected chi connectivity index (χ1v) is 8.68. The van der Waals surface area contributed by atoms with Gasteiger partial charge < -0.3 is 5.32 Å². The van der Waals surface area contributed by atoms with Gasteiger partial charge in [0, 0.05) is 5.69 Å². The van der Waals surface area contributed by atoms with Gasteiger partial charge in [-0.05, 0) is 59.2 Å². The van der Waals surface area contributed by atoms with Gasteiger partial charge in [0.1, 0.15) is 5.82 Å². The highest BCUT2D eigenvalue weighted by Gasteiger charge is 2.26. The van der Waals surface area contributed by atoms with Gasteiger partial charge in [0.05, 0.1) is 10.9 Å². The minimum absolute atomic E-state index is 0.0661. The Bertz CT molecular complexity index is 911. The summed E-state index contributed by atoms with van der Waals surface area (Å²) in [5.41, 5.74) is 2.62. The molecule has 0 radical (unpaired) electrons. The monoisotopic (exact) mass is 355 g/mol. The normalized spacial score (nSPS) is 16.8. The second kappa shape index (κ2) is 6.64. The summed E-state index contributed by atoms with van der Waals surface area (Å²) in [7, 11) is 0. The lowest BCUT2D eigenvalue weighted by Gasteiger charge is -2.12. The molecule has 6 nitrogen and oxygen atoms in total. The molecule has 8 heteroatoms. The Morgan fingerprint density at radius 2 is 1.96 bits per heavy atom. The summed E-state index contributed by atoms with van der Waals surface area (Å²) >= 11 is 1.31. The number of thioether (sulfide) groups is 1. The van der Waals surface area contributed by atoms with Gasteiger partial charge in [-0.2, -0.15) is 4.68 Å². The molecule has 0 spiro atoms. The number of nitrogens with zero attached hydrogens (tertiary/aromatic N) is 4. The molecule has 2 aromatic carbocycles. The second-order valence-corrected chi connectivity index (χ2v) is 6.81. The third-order valence-electron chi connectivity index (χ3n) is 4.00. The van der Waals surface area contributed by atoms with E-state index in [1.165, 1.54) is 28.6 Å². The maximum absolute atomic E-state index is 13.1. The van der Waals surface area contributed by atoms with Crippen molar-refractivity contribution in [2.45, 2.75) is 23.2 Å². The molecular formula is C17H14FN5OS. The Kier molecular flexibility index (Phi) is 4.19. The van der Waals surface area contributed by atoms with Crippen LogP contribution in [0.15, 0.2) is 53.7 Å². The van der Waals surface area contributed by atoms with Crippen LogP contribution in [0, 0.1) is 5.82 Å². The van der Waals surface area contributed by atoms with Crippen LogP contribution in [0.2, 0.25) is 0 Å². The van der Waals surface area contributed by atoms with E-state index in [1.54, 1.807) is 12.1 Å². The van der Waals surface area contributed by atoms with Crippen LogP contribution < -0.4 is 5.32 Å². The molecule has 1 atom stereocenters. The van der Waals surface area contributed by atoms with Crippen molar-refractivity contribution >= 4 is 23.4 Å². The largest absolute Gasteiger partial charge is 0.325 e. The molecular weight excluding hydrogens is 341 g/mol. The summed E-state index contributed by atoms with van der Waals surface area (Å²) < 4.78 is 14.6. The number of hydrogen-bond donors (Lipinski definition) is 1. The van der Waals surface area contributed by atoms with Crippen molar-refractivity contribution in [1.29, 1.82) is 0 Å². The average Bonchev–Trinajstić information content (AvgIpc) is 3.02. The van der Waals surface area contributed by atoms with E-state index in [-0.39, 0.29) is 17.0 Å². The number of para-hydroxylation sites is 1. The zero-order valence-corrected chi connectivity index (χ0v) is 13.9. The van der Waals surface area contributed by atoms with Crippen LogP contribution in [0.4, 0.5) is 10.1 Å². The first-order chi connectivity index (χ1) is 12.2. The predicted octanol–water partition coefficient (Wildman–Crippen LogP) is 2.85. The van der Waals surface area contributed by atoms with Crippen LogP contribution in [0.25, 0.3) is 5.69 Å². The molecule has 1 amide bonds. The van der Waals surface area contributed by atoms with Gasteiger partial charge in [-0.1, -0.05) is 30.0 Å². The van der Waals surface area contributed by atoms with E-state index < -0.39 is 0 Å². The van der Waals surface area contributed by atoms with E-state index in [0.717, 1.165) is 17.7 Å². The molecule has 3 aromatic rings. The fraction of sp³-hybridized carbons (Fsp3) is 0.176. The molecule has 0 fully saturated rings. The van der Waals surface area contributed by atoms with Gasteiger partial charge in [-0.3, -0.25) is 4.79 Å². The molecule has 0 unspecified atom stereocenters. The van der Waals surface area contributed by atoms with Crippen LogP contribution in [-0.2, 0) is 11.2 Å². The number of carbonyl (C=O) groups excluding carboxylic acids is 1. The van der Waals surface area contributed by atoms with E-state index in [2.05, 4.69) is 20.8 Å². The lowest BCUT2D eigenvalue weighted by atomic mass is 10.1. The highest BCUT2D eigenvalue weighted by Crippen LogP contribution is 2.31. The highest BCUT2D eigenvalue weighted by atomic mass is 32.2. The molecule has 2 heterocycles. The van der Waals surface area contributed by atoms with Gasteiger partial charge >= 0.3 is 0 Å². The van der Waals surface area contributed by atoms with Crippen molar-refractivity contribution in [1.82, 2.24) is 20.2 Å². The number of fused-ring (bicyclic) bond motifs is 1. The number of anilines is 1. The van der Waals surface area contributed by atoms with Crippen LogP contribution in [0.1, 0.15) is 12.0 Å². The molecule has 4 rings (SSSR count). The minimum Gasteiger partial charge on any atom is -0.325 e. The molecule has 0 bridgehead atoms. The SMILES string of the molecule is O=C1Nc2ccccc2CC[C@@H]1Sc1nnnn1-c1ccc(F)cc1. The molecule has 0 saturated carbocycles. The molecule has 0 aliphatic carbocycles. The summed E-state index contributed by atoms with van der Waals surface area (Å²) in [5, 5.41) is 14.8. The molecule has 0 saturated heterocycles. The number of hydrogen-bond acceptors (Lipinski definition) is 5. The van der Waals surface area contributed by atoms with Gasteiger partial charge in [0.15, 0.2) is 0 Å². The number of amides is 1. The third kappa shape index (κ3) is 3.25. The van der Waals surface area contributed by atoms with E-state index in [4.69, 9.17) is 0 Å². The number of aromatic nitrogens is 4. The lowest BCUT2D eigenvalue weighted by Crippen LogP contribution is -2.24. The number of aryl methyl sites for hydroxylation is 1. The number of halogens is 1. The van der Waals surface area contributed by atoms with Crippen LogP contribution in [-0.4, -0.2) is 31.4 Å². The first-order valence-electron chi connectivity index (χ1n) is 7.80.